The van der Waals surface area contributed by atoms with Gasteiger partial charge in [-0.15, -0.1) is 0 Å². The zero-order valence-corrected chi connectivity index (χ0v) is 8.29. The molecule has 1 fully saturated rings. The predicted molar refractivity (Wildman–Crippen MR) is 51.1 cm³/mol. The fourth-order valence-electron chi connectivity index (χ4n) is 1.97. The minimum atomic E-state index is -0.00841. The molecule has 0 heterocycles. The molecule has 1 aliphatic rings. The smallest absolute Gasteiger partial charge is 0.0542 e. The molecule has 2 unspecified atom stereocenters. The highest BCUT2D eigenvalue weighted by Gasteiger charge is 2.19. The van der Waals surface area contributed by atoms with Gasteiger partial charge in [0, 0.05) is 0 Å². The molecule has 0 aliphatic heterocycles. The van der Waals surface area contributed by atoms with Crippen LogP contribution in [-0.2, 0) is 0 Å². The zero-order chi connectivity index (χ0) is 8.97. The summed E-state index contributed by atoms with van der Waals surface area (Å²) in [4.78, 5) is 2.22. The molecule has 2 atom stereocenters. The van der Waals surface area contributed by atoms with Gasteiger partial charge in [-0.3, -0.25) is 0 Å². The van der Waals surface area contributed by atoms with Gasteiger partial charge in [0.25, 0.3) is 0 Å². The summed E-state index contributed by atoms with van der Waals surface area (Å²) in [6, 6.07) is 0. The van der Waals surface area contributed by atoms with E-state index in [1.807, 2.05) is 0 Å². The molecular formula is C10H21NO. The van der Waals surface area contributed by atoms with Gasteiger partial charge >= 0.3 is 0 Å². The molecule has 1 rings (SSSR count). The van der Waals surface area contributed by atoms with Crippen molar-refractivity contribution in [2.75, 3.05) is 20.6 Å². The van der Waals surface area contributed by atoms with Crippen molar-refractivity contribution in [2.45, 2.75) is 38.2 Å². The summed E-state index contributed by atoms with van der Waals surface area (Å²) in [6.07, 6.45) is 5.85. The SMILES string of the molecule is CN(C)CCC1CCCC(O)C1. The predicted octanol–water partition coefficient (Wildman–Crippen LogP) is 1.49. The second kappa shape index (κ2) is 4.83. The Labute approximate surface area is 75.6 Å². The van der Waals surface area contributed by atoms with Gasteiger partial charge in [0.15, 0.2) is 0 Å². The molecule has 1 saturated carbocycles. The van der Waals surface area contributed by atoms with Crippen LogP contribution < -0.4 is 0 Å². The quantitative estimate of drug-likeness (QED) is 0.695. The van der Waals surface area contributed by atoms with Crippen molar-refractivity contribution in [1.82, 2.24) is 4.90 Å². The Kier molecular flexibility index (Phi) is 4.02. The van der Waals surface area contributed by atoms with E-state index >= 15 is 0 Å². The first-order valence-corrected chi connectivity index (χ1v) is 5.01. The average molecular weight is 171 g/mol. The molecule has 0 aromatic carbocycles. The fraction of sp³-hybridized carbons (Fsp3) is 1.00. The number of nitrogens with zero attached hydrogens (tertiary/aromatic N) is 1. The molecule has 0 bridgehead atoms. The Bertz CT molecular complexity index is 125. The minimum Gasteiger partial charge on any atom is -0.393 e. The second-order valence-corrected chi connectivity index (χ2v) is 4.28. The van der Waals surface area contributed by atoms with Gasteiger partial charge in [-0.25, -0.2) is 0 Å². The van der Waals surface area contributed by atoms with Gasteiger partial charge in [-0.2, -0.15) is 0 Å². The topological polar surface area (TPSA) is 23.5 Å². The lowest BCUT2D eigenvalue weighted by Gasteiger charge is -2.26. The summed E-state index contributed by atoms with van der Waals surface area (Å²) >= 11 is 0. The van der Waals surface area contributed by atoms with E-state index in [1.54, 1.807) is 0 Å². The van der Waals surface area contributed by atoms with Crippen molar-refractivity contribution in [1.29, 1.82) is 0 Å². The van der Waals surface area contributed by atoms with Crippen LogP contribution in [0.2, 0.25) is 0 Å². The standard InChI is InChI=1S/C10H21NO/c1-11(2)7-6-9-4-3-5-10(12)8-9/h9-10,12H,3-8H2,1-2H3. The van der Waals surface area contributed by atoms with E-state index in [9.17, 15) is 5.11 Å². The van der Waals surface area contributed by atoms with E-state index < -0.39 is 0 Å². The maximum atomic E-state index is 9.43. The normalized spacial score (nSPS) is 31.0. The Morgan fingerprint density at radius 2 is 2.08 bits per heavy atom. The van der Waals surface area contributed by atoms with Gasteiger partial charge in [-0.1, -0.05) is 12.8 Å². The molecule has 0 radical (unpaired) electrons. The van der Waals surface area contributed by atoms with Gasteiger partial charge in [0.05, 0.1) is 6.10 Å². The number of hydrogen-bond donors (Lipinski definition) is 1. The third kappa shape index (κ3) is 3.55. The third-order valence-electron chi connectivity index (χ3n) is 2.74. The zero-order valence-electron chi connectivity index (χ0n) is 8.29. The summed E-state index contributed by atoms with van der Waals surface area (Å²) in [5, 5.41) is 9.43. The summed E-state index contributed by atoms with van der Waals surface area (Å²) in [7, 11) is 4.22. The molecular weight excluding hydrogens is 150 g/mol. The lowest BCUT2D eigenvalue weighted by Crippen LogP contribution is -2.23. The number of rotatable bonds is 3. The lowest BCUT2D eigenvalue weighted by molar-refractivity contribution is 0.0956. The highest BCUT2D eigenvalue weighted by Crippen LogP contribution is 2.26. The van der Waals surface area contributed by atoms with Crippen LogP contribution in [0.1, 0.15) is 32.1 Å². The molecule has 0 amide bonds. The Morgan fingerprint density at radius 1 is 1.33 bits per heavy atom. The molecule has 72 valence electrons. The van der Waals surface area contributed by atoms with Crippen molar-refractivity contribution < 1.29 is 5.11 Å². The van der Waals surface area contributed by atoms with Crippen LogP contribution >= 0.6 is 0 Å². The number of hydrogen-bond acceptors (Lipinski definition) is 2. The monoisotopic (exact) mass is 171 g/mol. The maximum absolute atomic E-state index is 9.43. The molecule has 0 aromatic heterocycles. The van der Waals surface area contributed by atoms with Crippen molar-refractivity contribution in [3.05, 3.63) is 0 Å². The van der Waals surface area contributed by atoms with Gasteiger partial charge in [0.1, 0.15) is 0 Å². The Morgan fingerprint density at radius 3 is 2.67 bits per heavy atom. The maximum Gasteiger partial charge on any atom is 0.0542 e. The molecule has 1 aliphatic carbocycles. The molecule has 12 heavy (non-hydrogen) atoms. The highest BCUT2D eigenvalue weighted by molar-refractivity contribution is 4.72. The minimum absolute atomic E-state index is 0.00841. The summed E-state index contributed by atoms with van der Waals surface area (Å²) < 4.78 is 0. The van der Waals surface area contributed by atoms with E-state index in [1.165, 1.54) is 19.3 Å². The van der Waals surface area contributed by atoms with E-state index in [4.69, 9.17) is 0 Å². The van der Waals surface area contributed by atoms with Crippen LogP contribution in [0.15, 0.2) is 0 Å². The molecule has 1 N–H and O–H groups in total. The lowest BCUT2D eigenvalue weighted by atomic mass is 9.85. The summed E-state index contributed by atoms with van der Waals surface area (Å²) in [6.45, 7) is 1.16. The van der Waals surface area contributed by atoms with Crippen molar-refractivity contribution in [2.24, 2.45) is 5.92 Å². The van der Waals surface area contributed by atoms with Crippen LogP contribution in [0.25, 0.3) is 0 Å². The Hall–Kier alpha value is -0.0800. The molecule has 0 spiro atoms. The van der Waals surface area contributed by atoms with Crippen LogP contribution in [0.4, 0.5) is 0 Å². The van der Waals surface area contributed by atoms with Crippen molar-refractivity contribution >= 4 is 0 Å². The van der Waals surface area contributed by atoms with Crippen molar-refractivity contribution in [3.8, 4) is 0 Å². The molecule has 0 saturated heterocycles. The van der Waals surface area contributed by atoms with E-state index in [-0.39, 0.29) is 6.10 Å². The van der Waals surface area contributed by atoms with Gasteiger partial charge in [0.2, 0.25) is 0 Å². The molecule has 2 nitrogen and oxygen atoms in total. The summed E-state index contributed by atoms with van der Waals surface area (Å²) in [5.41, 5.74) is 0. The number of aliphatic hydroxyl groups is 1. The largest absolute Gasteiger partial charge is 0.393 e. The van der Waals surface area contributed by atoms with E-state index in [0.29, 0.717) is 0 Å². The average Bonchev–Trinajstić information content (AvgIpc) is 2.01. The van der Waals surface area contributed by atoms with Gasteiger partial charge < -0.3 is 10.0 Å². The van der Waals surface area contributed by atoms with Crippen LogP contribution in [0.3, 0.4) is 0 Å². The number of aliphatic hydroxyl groups excluding tert-OH is 1. The molecule has 2 heteroatoms. The first-order chi connectivity index (χ1) is 5.68. The van der Waals surface area contributed by atoms with E-state index in [2.05, 4.69) is 19.0 Å². The van der Waals surface area contributed by atoms with Crippen LogP contribution in [0.5, 0.6) is 0 Å². The second-order valence-electron chi connectivity index (χ2n) is 4.28. The first kappa shape index (κ1) is 10.0. The third-order valence-corrected chi connectivity index (χ3v) is 2.74. The van der Waals surface area contributed by atoms with Crippen LogP contribution in [-0.4, -0.2) is 36.8 Å². The van der Waals surface area contributed by atoms with Gasteiger partial charge in [-0.05, 0) is 45.8 Å². The first-order valence-electron chi connectivity index (χ1n) is 5.01. The summed E-state index contributed by atoms with van der Waals surface area (Å²) in [5.74, 6) is 0.774. The Balaban J connectivity index is 2.14. The highest BCUT2D eigenvalue weighted by atomic mass is 16.3. The molecule has 0 aromatic rings. The van der Waals surface area contributed by atoms with Crippen molar-refractivity contribution in [3.63, 3.8) is 0 Å². The fourth-order valence-corrected chi connectivity index (χ4v) is 1.97. The van der Waals surface area contributed by atoms with Crippen LogP contribution in [0, 0.1) is 5.92 Å². The van der Waals surface area contributed by atoms with E-state index in [0.717, 1.165) is 25.3 Å².